The van der Waals surface area contributed by atoms with E-state index in [4.69, 9.17) is 9.47 Å². The van der Waals surface area contributed by atoms with E-state index in [9.17, 15) is 4.79 Å². The Kier molecular flexibility index (Phi) is 6.58. The number of hydrogen-bond donors (Lipinski definition) is 1. The zero-order valence-electron chi connectivity index (χ0n) is 13.7. The van der Waals surface area contributed by atoms with E-state index in [0.29, 0.717) is 11.5 Å². The molecule has 0 bridgehead atoms. The van der Waals surface area contributed by atoms with Gasteiger partial charge in [0.1, 0.15) is 0 Å². The third-order valence-electron chi connectivity index (χ3n) is 3.25. The fourth-order valence-corrected chi connectivity index (χ4v) is 2.09. The van der Waals surface area contributed by atoms with E-state index in [-0.39, 0.29) is 12.3 Å². The van der Waals surface area contributed by atoms with Crippen molar-refractivity contribution < 1.29 is 14.3 Å². The second-order valence-corrected chi connectivity index (χ2v) is 4.95. The lowest BCUT2D eigenvalue weighted by Gasteiger charge is -2.08. The van der Waals surface area contributed by atoms with Crippen molar-refractivity contribution in [2.45, 2.75) is 6.42 Å². The monoisotopic (exact) mass is 324 g/mol. The third-order valence-corrected chi connectivity index (χ3v) is 3.25. The molecule has 5 nitrogen and oxygen atoms in total. The molecule has 0 aromatic heterocycles. The van der Waals surface area contributed by atoms with Gasteiger partial charge in [0.05, 0.1) is 20.6 Å². The second-order valence-electron chi connectivity index (χ2n) is 4.95. The summed E-state index contributed by atoms with van der Waals surface area (Å²) in [7, 11) is 3.13. The highest BCUT2D eigenvalue weighted by Gasteiger charge is 2.07. The smallest absolute Gasteiger partial charge is 0.244 e. The molecule has 0 fully saturated rings. The topological polar surface area (TPSA) is 59.9 Å². The van der Waals surface area contributed by atoms with Gasteiger partial charge in [-0.15, -0.1) is 0 Å². The van der Waals surface area contributed by atoms with Gasteiger partial charge >= 0.3 is 0 Å². The van der Waals surface area contributed by atoms with Gasteiger partial charge in [0, 0.05) is 6.21 Å². The van der Waals surface area contributed by atoms with Crippen LogP contribution in [-0.2, 0) is 11.2 Å². The van der Waals surface area contributed by atoms with Gasteiger partial charge in [-0.2, -0.15) is 5.10 Å². The average Bonchev–Trinajstić information content (AvgIpc) is 2.62. The molecule has 0 aliphatic rings. The number of carbonyl (C=O) groups excluding carboxylic acids is 1. The summed E-state index contributed by atoms with van der Waals surface area (Å²) in [6.45, 7) is 0. The summed E-state index contributed by atoms with van der Waals surface area (Å²) in [5, 5.41) is 3.89. The number of hydrazone groups is 1. The second kappa shape index (κ2) is 9.15. The fraction of sp³-hybridized carbons (Fsp3) is 0.158. The number of allylic oxidation sites excluding steroid dienone is 1. The van der Waals surface area contributed by atoms with Gasteiger partial charge in [-0.3, -0.25) is 4.79 Å². The number of benzene rings is 2. The molecule has 0 atom stereocenters. The minimum Gasteiger partial charge on any atom is -0.493 e. The number of hydrogen-bond acceptors (Lipinski definition) is 4. The van der Waals surface area contributed by atoms with E-state index < -0.39 is 0 Å². The van der Waals surface area contributed by atoms with Crippen LogP contribution in [0.5, 0.6) is 11.5 Å². The van der Waals surface area contributed by atoms with Crippen LogP contribution < -0.4 is 14.9 Å². The van der Waals surface area contributed by atoms with Gasteiger partial charge < -0.3 is 9.47 Å². The summed E-state index contributed by atoms with van der Waals surface area (Å²) >= 11 is 0. The first-order valence-electron chi connectivity index (χ1n) is 7.47. The Morgan fingerprint density at radius 1 is 1.08 bits per heavy atom. The van der Waals surface area contributed by atoms with E-state index in [1.165, 1.54) is 0 Å². The van der Waals surface area contributed by atoms with Gasteiger partial charge in [0.25, 0.3) is 0 Å². The highest BCUT2D eigenvalue weighted by molar-refractivity contribution is 5.82. The van der Waals surface area contributed by atoms with E-state index >= 15 is 0 Å². The van der Waals surface area contributed by atoms with Crippen LogP contribution in [0.3, 0.4) is 0 Å². The first-order valence-corrected chi connectivity index (χ1v) is 7.47. The van der Waals surface area contributed by atoms with Crippen LogP contribution in [0.4, 0.5) is 0 Å². The summed E-state index contributed by atoms with van der Waals surface area (Å²) in [5.74, 6) is 1.02. The number of methoxy groups -OCH3 is 2. The summed E-state index contributed by atoms with van der Waals surface area (Å²) in [6, 6.07) is 15.2. The zero-order valence-corrected chi connectivity index (χ0v) is 13.7. The Morgan fingerprint density at radius 2 is 1.83 bits per heavy atom. The average molecular weight is 324 g/mol. The molecule has 0 aliphatic carbocycles. The Balaban J connectivity index is 1.85. The Labute approximate surface area is 141 Å². The van der Waals surface area contributed by atoms with Crippen molar-refractivity contribution in [1.29, 1.82) is 0 Å². The molecule has 2 aromatic carbocycles. The molecule has 0 saturated heterocycles. The van der Waals surface area contributed by atoms with Crippen LogP contribution in [-0.4, -0.2) is 26.3 Å². The standard InChI is InChI=1S/C19H20N2O3/c1-23-17-11-10-16(13-18(17)24-2)14-19(22)21-20-12-6-9-15-7-4-3-5-8-15/h3-13H,14H2,1-2H3,(H,21,22)/b9-6+,20-12-. The van der Waals surface area contributed by atoms with Gasteiger partial charge in [-0.1, -0.05) is 42.5 Å². The van der Waals surface area contributed by atoms with Gasteiger partial charge in [0.2, 0.25) is 5.91 Å². The van der Waals surface area contributed by atoms with Crippen molar-refractivity contribution in [3.63, 3.8) is 0 Å². The molecule has 0 radical (unpaired) electrons. The lowest BCUT2D eigenvalue weighted by Crippen LogP contribution is -2.19. The summed E-state index contributed by atoms with van der Waals surface area (Å²) in [5.41, 5.74) is 4.38. The lowest BCUT2D eigenvalue weighted by molar-refractivity contribution is -0.120. The van der Waals surface area contributed by atoms with Crippen LogP contribution in [0.2, 0.25) is 0 Å². The Bertz CT molecular complexity index is 725. The van der Waals surface area contributed by atoms with E-state index in [0.717, 1.165) is 11.1 Å². The van der Waals surface area contributed by atoms with Gasteiger partial charge in [0.15, 0.2) is 11.5 Å². The highest BCUT2D eigenvalue weighted by atomic mass is 16.5. The molecule has 1 amide bonds. The molecule has 2 aromatic rings. The lowest BCUT2D eigenvalue weighted by atomic mass is 10.1. The molecule has 0 saturated carbocycles. The summed E-state index contributed by atoms with van der Waals surface area (Å²) in [4.78, 5) is 11.9. The highest BCUT2D eigenvalue weighted by Crippen LogP contribution is 2.27. The maximum absolute atomic E-state index is 11.9. The predicted molar refractivity (Wildman–Crippen MR) is 95.4 cm³/mol. The van der Waals surface area contributed by atoms with Crippen molar-refractivity contribution >= 4 is 18.2 Å². The van der Waals surface area contributed by atoms with Crippen LogP contribution >= 0.6 is 0 Å². The molecular formula is C19H20N2O3. The molecule has 1 N–H and O–H groups in total. The van der Waals surface area contributed by atoms with Crippen molar-refractivity contribution in [2.75, 3.05) is 14.2 Å². The quantitative estimate of drug-likeness (QED) is 0.629. The van der Waals surface area contributed by atoms with Crippen molar-refractivity contribution in [3.8, 4) is 11.5 Å². The molecule has 0 heterocycles. The SMILES string of the molecule is COc1ccc(CC(=O)N/N=C\C=C\c2ccccc2)cc1OC. The number of nitrogens with zero attached hydrogens (tertiary/aromatic N) is 1. The maximum atomic E-state index is 11.9. The molecule has 0 unspecified atom stereocenters. The van der Waals surface area contributed by atoms with Gasteiger partial charge in [-0.25, -0.2) is 5.43 Å². The van der Waals surface area contributed by atoms with E-state index in [2.05, 4.69) is 10.5 Å². The first-order chi connectivity index (χ1) is 11.7. The number of amides is 1. The number of rotatable bonds is 7. The van der Waals surface area contributed by atoms with Crippen molar-refractivity contribution in [2.24, 2.45) is 5.10 Å². The molecule has 5 heteroatoms. The molecular weight excluding hydrogens is 304 g/mol. The molecule has 0 aliphatic heterocycles. The number of nitrogens with one attached hydrogen (secondary N) is 1. The third kappa shape index (κ3) is 5.28. The molecule has 0 spiro atoms. The first kappa shape index (κ1) is 17.3. The molecule has 124 valence electrons. The maximum Gasteiger partial charge on any atom is 0.244 e. The summed E-state index contributed by atoms with van der Waals surface area (Å²) in [6.07, 6.45) is 5.43. The fourth-order valence-electron chi connectivity index (χ4n) is 2.09. The Morgan fingerprint density at radius 3 is 2.54 bits per heavy atom. The largest absolute Gasteiger partial charge is 0.493 e. The number of ether oxygens (including phenoxy) is 2. The van der Waals surface area contributed by atoms with Crippen LogP contribution in [0.1, 0.15) is 11.1 Å². The Hall–Kier alpha value is -3.08. The zero-order chi connectivity index (χ0) is 17.2. The van der Waals surface area contributed by atoms with Crippen LogP contribution in [0, 0.1) is 0 Å². The molecule has 2 rings (SSSR count). The van der Waals surface area contributed by atoms with Crippen LogP contribution in [0.25, 0.3) is 6.08 Å². The van der Waals surface area contributed by atoms with Crippen molar-refractivity contribution in [3.05, 3.63) is 65.7 Å². The van der Waals surface area contributed by atoms with E-state index in [1.807, 2.05) is 42.5 Å². The minimum absolute atomic E-state index is 0.202. The number of carbonyl (C=O) groups is 1. The predicted octanol–water partition coefficient (Wildman–Crippen LogP) is 3.06. The minimum atomic E-state index is -0.202. The normalized spacial score (nSPS) is 10.9. The van der Waals surface area contributed by atoms with Gasteiger partial charge in [-0.05, 0) is 29.3 Å². The molecule has 24 heavy (non-hydrogen) atoms. The summed E-state index contributed by atoms with van der Waals surface area (Å²) < 4.78 is 10.4. The van der Waals surface area contributed by atoms with Crippen molar-refractivity contribution in [1.82, 2.24) is 5.43 Å². The van der Waals surface area contributed by atoms with E-state index in [1.54, 1.807) is 38.6 Å². The van der Waals surface area contributed by atoms with Crippen LogP contribution in [0.15, 0.2) is 59.7 Å².